The predicted molar refractivity (Wildman–Crippen MR) is 201 cm³/mol. The van der Waals surface area contributed by atoms with Crippen molar-refractivity contribution in [1.82, 2.24) is 34.6 Å². The standard InChI is InChI=1S/C39H37F7N8O4S/c1-5-47-59(57,58)52-36-27-8-6-7-25(33(27)53(4)51-36)24-10-9-23(13-14-37(2,3)56)48-32(24)29(17-20-15-21(40)18-22(41)16-20)49-30(55)19-54-35-31(34(50-54)39(44,45)46)26-11-12-28(26)38(35,42)43/h6-10,15-16,18,26,28-29,47,56H,5,11-12,17,19H2,1-4H3,(H,49,55)(H,51,52). The summed E-state index contributed by atoms with van der Waals surface area (Å²) >= 11 is 0. The van der Waals surface area contributed by atoms with Crippen LogP contribution >= 0.6 is 0 Å². The average molecular weight is 847 g/mol. The van der Waals surface area contributed by atoms with Gasteiger partial charge in [0.2, 0.25) is 5.91 Å². The Morgan fingerprint density at radius 3 is 2.39 bits per heavy atom. The van der Waals surface area contributed by atoms with Gasteiger partial charge < -0.3 is 10.4 Å². The monoisotopic (exact) mass is 846 g/mol. The largest absolute Gasteiger partial charge is 0.435 e. The van der Waals surface area contributed by atoms with Crippen LogP contribution in [0.15, 0.2) is 48.5 Å². The van der Waals surface area contributed by atoms with Crippen LogP contribution in [-0.4, -0.2) is 56.1 Å². The molecule has 4 N–H and O–H groups in total. The number of hydrogen-bond donors (Lipinski definition) is 4. The van der Waals surface area contributed by atoms with Crippen molar-refractivity contribution in [1.29, 1.82) is 0 Å². The highest BCUT2D eigenvalue weighted by atomic mass is 32.2. The highest BCUT2D eigenvalue weighted by Gasteiger charge is 2.63. The van der Waals surface area contributed by atoms with E-state index in [0.717, 1.165) is 12.1 Å². The quantitative estimate of drug-likeness (QED) is 0.0910. The molecule has 0 saturated heterocycles. The van der Waals surface area contributed by atoms with Crippen LogP contribution in [-0.2, 0) is 47.1 Å². The normalized spacial score (nSPS) is 17.8. The zero-order valence-corrected chi connectivity index (χ0v) is 32.7. The zero-order valence-electron chi connectivity index (χ0n) is 31.8. The summed E-state index contributed by atoms with van der Waals surface area (Å²) in [6.07, 6.45) is -5.37. The summed E-state index contributed by atoms with van der Waals surface area (Å²) in [4.78, 5) is 18.7. The Morgan fingerprint density at radius 2 is 1.76 bits per heavy atom. The number of alkyl halides is 5. The highest BCUT2D eigenvalue weighted by molar-refractivity contribution is 7.90. The Hall–Kier alpha value is -5.52. The molecular formula is C39H37F7N8O4S. The summed E-state index contributed by atoms with van der Waals surface area (Å²) in [5, 5.41) is 21.2. The second kappa shape index (κ2) is 14.9. The number of pyridine rings is 1. The van der Waals surface area contributed by atoms with Crippen molar-refractivity contribution in [2.45, 2.75) is 76.2 Å². The molecule has 2 aromatic carbocycles. The molecule has 2 aliphatic rings. The molecule has 0 spiro atoms. The number of aryl methyl sites for hydroxylation is 1. The molecule has 0 radical (unpaired) electrons. The lowest BCUT2D eigenvalue weighted by atomic mass is 9.73. The van der Waals surface area contributed by atoms with Crippen LogP contribution in [0.2, 0.25) is 0 Å². The minimum absolute atomic E-state index is 0.000838. The van der Waals surface area contributed by atoms with Gasteiger partial charge in [-0.25, -0.2) is 13.8 Å². The maximum Gasteiger partial charge on any atom is 0.435 e. The van der Waals surface area contributed by atoms with Crippen molar-refractivity contribution in [3.8, 4) is 23.0 Å². The lowest BCUT2D eigenvalue weighted by molar-refractivity contribution is -0.144. The Kier molecular flexibility index (Phi) is 10.5. The lowest BCUT2D eigenvalue weighted by Gasteiger charge is -2.34. The van der Waals surface area contributed by atoms with Crippen LogP contribution < -0.4 is 14.8 Å². The number of rotatable bonds is 11. The van der Waals surface area contributed by atoms with Crippen molar-refractivity contribution in [3.05, 3.63) is 94.1 Å². The van der Waals surface area contributed by atoms with Crippen molar-refractivity contribution in [2.75, 3.05) is 11.3 Å². The number of anilines is 1. The van der Waals surface area contributed by atoms with E-state index < -0.39 is 86.8 Å². The number of carbonyl (C=O) groups excluding carboxylic acids is 1. The van der Waals surface area contributed by atoms with Crippen LogP contribution in [0, 0.1) is 29.4 Å². The summed E-state index contributed by atoms with van der Waals surface area (Å²) in [7, 11) is -2.49. The number of para-hydroxylation sites is 1. The fraction of sp³-hybridized carbons (Fsp3) is 0.385. The highest BCUT2D eigenvalue weighted by Crippen LogP contribution is 2.64. The first-order valence-corrected chi connectivity index (χ1v) is 19.8. The molecule has 1 amide bonds. The molecule has 3 atom stereocenters. The number of aromatic nitrogens is 5. The van der Waals surface area contributed by atoms with E-state index in [2.05, 4.69) is 36.8 Å². The first-order chi connectivity index (χ1) is 27.6. The van der Waals surface area contributed by atoms with Crippen LogP contribution in [0.1, 0.15) is 79.5 Å². The fourth-order valence-electron chi connectivity index (χ4n) is 7.75. The summed E-state index contributed by atoms with van der Waals surface area (Å²) in [6, 6.07) is 9.12. The van der Waals surface area contributed by atoms with E-state index in [9.17, 15) is 40.3 Å². The molecule has 1 fully saturated rings. The summed E-state index contributed by atoms with van der Waals surface area (Å²) in [6.45, 7) is 3.44. The number of aliphatic hydroxyl groups is 1. The first kappa shape index (κ1) is 41.6. The molecular weight excluding hydrogens is 810 g/mol. The van der Waals surface area contributed by atoms with Crippen LogP contribution in [0.5, 0.6) is 0 Å². The van der Waals surface area contributed by atoms with Crippen LogP contribution in [0.4, 0.5) is 36.6 Å². The third kappa shape index (κ3) is 8.23. The van der Waals surface area contributed by atoms with Crippen molar-refractivity contribution in [3.63, 3.8) is 0 Å². The van der Waals surface area contributed by atoms with Gasteiger partial charge in [-0.1, -0.05) is 25.0 Å². The average Bonchev–Trinajstić information content (AvgIpc) is 3.67. The number of carbonyl (C=O) groups is 1. The van der Waals surface area contributed by atoms with Gasteiger partial charge in [0.1, 0.15) is 35.2 Å². The van der Waals surface area contributed by atoms with Gasteiger partial charge in [-0.2, -0.15) is 45.3 Å². The number of nitrogens with one attached hydrogen (secondary N) is 3. The molecule has 5 aromatic rings. The topological polar surface area (TPSA) is 156 Å². The van der Waals surface area contributed by atoms with Crippen molar-refractivity contribution in [2.24, 2.45) is 13.0 Å². The Bertz CT molecular complexity index is 2640. The number of fused-ring (bicyclic) bond motifs is 4. The van der Waals surface area contributed by atoms with Gasteiger partial charge in [0.05, 0.1) is 17.3 Å². The molecule has 3 heterocycles. The van der Waals surface area contributed by atoms with Crippen LogP contribution in [0.25, 0.3) is 22.0 Å². The van der Waals surface area contributed by atoms with Gasteiger partial charge in [0.15, 0.2) is 11.5 Å². The van der Waals surface area contributed by atoms with E-state index in [-0.39, 0.29) is 54.1 Å². The minimum atomic E-state index is -5.08. The van der Waals surface area contributed by atoms with Gasteiger partial charge in [-0.15, -0.1) is 0 Å². The predicted octanol–water partition coefficient (Wildman–Crippen LogP) is 6.22. The molecule has 7 rings (SSSR count). The number of benzene rings is 2. The third-order valence-electron chi connectivity index (χ3n) is 10.1. The Balaban J connectivity index is 1.37. The van der Waals surface area contributed by atoms with E-state index in [0.29, 0.717) is 27.2 Å². The van der Waals surface area contributed by atoms with Gasteiger partial charge in [-0.05, 0) is 80.8 Å². The SMILES string of the molecule is CCNS(=O)(=O)Nc1nn(C)c2c(-c3ccc(C#CC(C)(C)O)nc3C(Cc3cc(F)cc(F)c3)NC(=O)Cn3nc(C(F)(F)F)c4c3C(F)(F)C3CCC43)cccc12. The fourth-order valence-corrected chi connectivity index (χ4v) is 8.61. The molecule has 2 aliphatic carbocycles. The Labute approximate surface area is 333 Å². The molecule has 3 aromatic heterocycles. The molecule has 312 valence electrons. The van der Waals surface area contributed by atoms with Crippen molar-refractivity contribution < 1.29 is 49.1 Å². The van der Waals surface area contributed by atoms with Gasteiger partial charge in [-0.3, -0.25) is 18.9 Å². The zero-order chi connectivity index (χ0) is 42.8. The third-order valence-corrected chi connectivity index (χ3v) is 11.3. The molecule has 0 bridgehead atoms. The summed E-state index contributed by atoms with van der Waals surface area (Å²) in [5.74, 6) is -3.80. The number of halogens is 7. The van der Waals surface area contributed by atoms with Gasteiger partial charge in [0.25, 0.3) is 16.1 Å². The van der Waals surface area contributed by atoms with E-state index in [4.69, 9.17) is 4.98 Å². The lowest BCUT2D eigenvalue weighted by Crippen LogP contribution is -2.36. The molecule has 59 heavy (non-hydrogen) atoms. The summed E-state index contributed by atoms with van der Waals surface area (Å²) in [5.41, 5.74) is -3.52. The van der Waals surface area contributed by atoms with E-state index in [1.807, 2.05) is 0 Å². The number of hydrogen-bond acceptors (Lipinski definition) is 7. The minimum Gasteiger partial charge on any atom is -0.378 e. The maximum atomic E-state index is 15.6. The number of amides is 1. The van der Waals surface area contributed by atoms with Gasteiger partial charge in [0, 0.05) is 47.7 Å². The Morgan fingerprint density at radius 1 is 1.05 bits per heavy atom. The molecule has 12 nitrogen and oxygen atoms in total. The van der Waals surface area contributed by atoms with E-state index in [1.165, 1.54) is 24.6 Å². The van der Waals surface area contributed by atoms with Crippen molar-refractivity contribution >= 4 is 32.8 Å². The smallest absolute Gasteiger partial charge is 0.378 e. The molecule has 20 heteroatoms. The molecule has 3 unspecified atom stereocenters. The molecule has 1 saturated carbocycles. The van der Waals surface area contributed by atoms with Crippen LogP contribution in [0.3, 0.4) is 0 Å². The molecule has 0 aliphatic heterocycles. The van der Waals surface area contributed by atoms with Gasteiger partial charge >= 0.3 is 6.18 Å². The second-order valence-corrected chi connectivity index (χ2v) is 16.5. The van der Waals surface area contributed by atoms with E-state index in [1.54, 1.807) is 38.2 Å². The number of nitrogens with zero attached hydrogens (tertiary/aromatic N) is 5. The second-order valence-electron chi connectivity index (χ2n) is 15.0. The summed E-state index contributed by atoms with van der Waals surface area (Å²) < 4.78 is 135. The maximum absolute atomic E-state index is 15.6. The first-order valence-electron chi connectivity index (χ1n) is 18.4. The van der Waals surface area contributed by atoms with E-state index >= 15 is 8.78 Å².